The molecule has 1 aromatic heterocycles. The van der Waals surface area contributed by atoms with Gasteiger partial charge in [-0.15, -0.1) is 0 Å². The van der Waals surface area contributed by atoms with Crippen molar-refractivity contribution < 1.29 is 9.47 Å². The van der Waals surface area contributed by atoms with E-state index in [1.54, 1.807) is 7.11 Å². The number of fused-ring (bicyclic) bond motifs is 1. The Kier molecular flexibility index (Phi) is 6.53. The first-order valence-corrected chi connectivity index (χ1v) is 9.53. The number of unbranched alkanes of at least 4 members (excludes halogenated alkanes) is 4. The predicted octanol–water partition coefficient (Wildman–Crippen LogP) is 5.59. The zero-order chi connectivity index (χ0) is 18.2. The van der Waals surface area contributed by atoms with E-state index in [1.807, 2.05) is 30.3 Å². The minimum atomic E-state index is 0.468. The Balaban J connectivity index is 1.70. The van der Waals surface area contributed by atoms with E-state index in [0.717, 1.165) is 29.4 Å². The summed E-state index contributed by atoms with van der Waals surface area (Å²) in [5, 5.41) is 0. The van der Waals surface area contributed by atoms with Gasteiger partial charge in [-0.2, -0.15) is 0 Å². The molecule has 3 rings (SSSR count). The molecule has 0 amide bonds. The van der Waals surface area contributed by atoms with Gasteiger partial charge in [0.25, 0.3) is 0 Å². The van der Waals surface area contributed by atoms with E-state index in [1.165, 1.54) is 37.6 Å². The summed E-state index contributed by atoms with van der Waals surface area (Å²) in [4.78, 5) is 4.79. The summed E-state index contributed by atoms with van der Waals surface area (Å²) in [6.07, 6.45) is 6.34. The number of rotatable bonds is 10. The van der Waals surface area contributed by atoms with Gasteiger partial charge in [-0.05, 0) is 42.8 Å². The first kappa shape index (κ1) is 18.3. The number of imidazole rings is 1. The lowest BCUT2D eigenvalue weighted by Crippen LogP contribution is -2.07. The van der Waals surface area contributed by atoms with Crippen molar-refractivity contribution in [2.75, 3.05) is 7.11 Å². The number of aryl methyl sites for hydroxylation is 1. The molecule has 0 aliphatic rings. The zero-order valence-corrected chi connectivity index (χ0v) is 15.8. The molecule has 0 aliphatic heterocycles. The number of aromatic nitrogens is 2. The molecule has 0 fully saturated rings. The second-order valence-corrected chi connectivity index (χ2v) is 6.55. The van der Waals surface area contributed by atoms with E-state index in [0.29, 0.717) is 6.61 Å². The molecule has 0 N–H and O–H groups in total. The molecule has 26 heavy (non-hydrogen) atoms. The summed E-state index contributed by atoms with van der Waals surface area (Å²) in [6.45, 7) is 3.71. The van der Waals surface area contributed by atoms with E-state index >= 15 is 0 Å². The van der Waals surface area contributed by atoms with Crippen LogP contribution in [-0.4, -0.2) is 16.7 Å². The van der Waals surface area contributed by atoms with Gasteiger partial charge in [0.2, 0.25) is 0 Å². The number of para-hydroxylation sites is 2. The fraction of sp³-hybridized carbons (Fsp3) is 0.409. The maximum absolute atomic E-state index is 5.97. The largest absolute Gasteiger partial charge is 0.497 e. The van der Waals surface area contributed by atoms with Crippen molar-refractivity contribution >= 4 is 11.0 Å². The van der Waals surface area contributed by atoms with Gasteiger partial charge in [-0.1, -0.05) is 44.7 Å². The Hall–Kier alpha value is -2.49. The lowest BCUT2D eigenvalue weighted by atomic mass is 10.1. The average Bonchev–Trinajstić information content (AvgIpc) is 3.04. The average molecular weight is 352 g/mol. The zero-order valence-electron chi connectivity index (χ0n) is 15.8. The van der Waals surface area contributed by atoms with Crippen molar-refractivity contribution in [3.63, 3.8) is 0 Å². The van der Waals surface area contributed by atoms with E-state index < -0.39 is 0 Å². The van der Waals surface area contributed by atoms with Crippen LogP contribution in [0, 0.1) is 0 Å². The molecule has 0 aliphatic carbocycles. The maximum atomic E-state index is 5.97. The third-order valence-corrected chi connectivity index (χ3v) is 4.65. The molecule has 0 saturated heterocycles. The van der Waals surface area contributed by atoms with Crippen molar-refractivity contribution in [2.45, 2.75) is 52.2 Å². The minimum absolute atomic E-state index is 0.468. The number of hydrogen-bond acceptors (Lipinski definition) is 3. The maximum Gasteiger partial charge on any atom is 0.147 e. The van der Waals surface area contributed by atoms with Gasteiger partial charge in [0.15, 0.2) is 0 Å². The van der Waals surface area contributed by atoms with Crippen molar-refractivity contribution in [1.29, 1.82) is 0 Å². The van der Waals surface area contributed by atoms with Crippen LogP contribution in [0.4, 0.5) is 0 Å². The van der Waals surface area contributed by atoms with Crippen LogP contribution in [0.5, 0.6) is 11.5 Å². The fourth-order valence-corrected chi connectivity index (χ4v) is 3.18. The standard InChI is InChI=1S/C22H28N2O2/c1-3-4-5-6-9-16-24-21-11-8-7-10-20(21)23-22(24)17-26-19-14-12-18(25-2)13-15-19/h7-8,10-15H,3-6,9,16-17H2,1-2H3. The van der Waals surface area contributed by atoms with Crippen molar-refractivity contribution in [2.24, 2.45) is 0 Å². The quantitative estimate of drug-likeness (QED) is 0.446. The number of hydrogen-bond donors (Lipinski definition) is 0. The molecule has 0 unspecified atom stereocenters. The van der Waals surface area contributed by atoms with Gasteiger partial charge in [-0.3, -0.25) is 0 Å². The molecule has 3 aromatic rings. The highest BCUT2D eigenvalue weighted by atomic mass is 16.5. The van der Waals surface area contributed by atoms with Crippen LogP contribution < -0.4 is 9.47 Å². The molecule has 0 atom stereocenters. The Labute approximate surface area is 155 Å². The Morgan fingerprint density at radius 2 is 1.62 bits per heavy atom. The second kappa shape index (κ2) is 9.27. The molecular weight excluding hydrogens is 324 g/mol. The first-order valence-electron chi connectivity index (χ1n) is 9.53. The smallest absolute Gasteiger partial charge is 0.147 e. The van der Waals surface area contributed by atoms with E-state index in [-0.39, 0.29) is 0 Å². The van der Waals surface area contributed by atoms with Crippen LogP contribution in [0.3, 0.4) is 0 Å². The van der Waals surface area contributed by atoms with E-state index in [2.05, 4.69) is 29.7 Å². The summed E-state index contributed by atoms with van der Waals surface area (Å²) < 4.78 is 13.5. The van der Waals surface area contributed by atoms with Gasteiger partial charge >= 0.3 is 0 Å². The van der Waals surface area contributed by atoms with E-state index in [4.69, 9.17) is 14.5 Å². The lowest BCUT2D eigenvalue weighted by Gasteiger charge is -2.11. The molecule has 4 nitrogen and oxygen atoms in total. The van der Waals surface area contributed by atoms with Crippen LogP contribution in [0.1, 0.15) is 44.9 Å². The number of benzene rings is 2. The summed E-state index contributed by atoms with van der Waals surface area (Å²) in [5.74, 6) is 2.64. The van der Waals surface area contributed by atoms with Gasteiger partial charge in [0.1, 0.15) is 23.9 Å². The Bertz CT molecular complexity index is 809. The minimum Gasteiger partial charge on any atom is -0.497 e. The van der Waals surface area contributed by atoms with Crippen molar-refractivity contribution in [1.82, 2.24) is 9.55 Å². The van der Waals surface area contributed by atoms with Gasteiger partial charge < -0.3 is 14.0 Å². The van der Waals surface area contributed by atoms with Crippen LogP contribution >= 0.6 is 0 Å². The molecule has 0 bridgehead atoms. The number of methoxy groups -OCH3 is 1. The number of nitrogens with zero attached hydrogens (tertiary/aromatic N) is 2. The van der Waals surface area contributed by atoms with Gasteiger partial charge in [0.05, 0.1) is 18.1 Å². The van der Waals surface area contributed by atoms with Crippen LogP contribution in [0.2, 0.25) is 0 Å². The molecule has 0 radical (unpaired) electrons. The summed E-state index contributed by atoms with van der Waals surface area (Å²) in [5.41, 5.74) is 2.23. The SMILES string of the molecule is CCCCCCCn1c(COc2ccc(OC)cc2)nc2ccccc21. The van der Waals surface area contributed by atoms with Crippen molar-refractivity contribution in [3.8, 4) is 11.5 Å². The predicted molar refractivity (Wildman–Crippen MR) is 106 cm³/mol. The summed E-state index contributed by atoms with van der Waals surface area (Å²) in [6, 6.07) is 16.0. The van der Waals surface area contributed by atoms with Crippen molar-refractivity contribution in [3.05, 3.63) is 54.4 Å². The Morgan fingerprint density at radius 1 is 0.885 bits per heavy atom. The second-order valence-electron chi connectivity index (χ2n) is 6.55. The lowest BCUT2D eigenvalue weighted by molar-refractivity contribution is 0.289. The summed E-state index contributed by atoms with van der Waals surface area (Å²) in [7, 11) is 1.67. The molecule has 0 spiro atoms. The highest BCUT2D eigenvalue weighted by Crippen LogP contribution is 2.21. The monoisotopic (exact) mass is 352 g/mol. The van der Waals surface area contributed by atoms with Gasteiger partial charge in [-0.25, -0.2) is 4.98 Å². The first-order chi connectivity index (χ1) is 12.8. The normalized spacial score (nSPS) is 11.0. The third kappa shape index (κ3) is 4.57. The highest BCUT2D eigenvalue weighted by molar-refractivity contribution is 5.75. The molecule has 138 valence electrons. The summed E-state index contributed by atoms with van der Waals surface area (Å²) >= 11 is 0. The number of ether oxygens (including phenoxy) is 2. The third-order valence-electron chi connectivity index (χ3n) is 4.65. The van der Waals surface area contributed by atoms with Crippen LogP contribution in [0.25, 0.3) is 11.0 Å². The molecular formula is C22H28N2O2. The molecule has 4 heteroatoms. The highest BCUT2D eigenvalue weighted by Gasteiger charge is 2.11. The van der Waals surface area contributed by atoms with E-state index in [9.17, 15) is 0 Å². The molecule has 1 heterocycles. The fourth-order valence-electron chi connectivity index (χ4n) is 3.18. The topological polar surface area (TPSA) is 36.3 Å². The van der Waals surface area contributed by atoms with Crippen LogP contribution in [0.15, 0.2) is 48.5 Å². The molecule has 0 saturated carbocycles. The van der Waals surface area contributed by atoms with Gasteiger partial charge in [0, 0.05) is 6.54 Å². The molecule has 2 aromatic carbocycles. The Morgan fingerprint density at radius 3 is 2.38 bits per heavy atom. The van der Waals surface area contributed by atoms with Crippen LogP contribution in [-0.2, 0) is 13.2 Å².